The lowest BCUT2D eigenvalue weighted by atomic mass is 9.81. The number of carbonyl (C=O) groups is 4. The number of ether oxygens (including phenoxy) is 1. The molecule has 3 aliphatic rings. The molecule has 2 saturated carbocycles. The van der Waals surface area contributed by atoms with Gasteiger partial charge < -0.3 is 10.1 Å². The molecule has 0 aromatic heterocycles. The Kier molecular flexibility index (Phi) is 5.15. The molecule has 29 heavy (non-hydrogen) atoms. The molecule has 7 nitrogen and oxygen atoms in total. The minimum Gasteiger partial charge on any atom is -0.454 e. The summed E-state index contributed by atoms with van der Waals surface area (Å²) in [6.45, 7) is 3.01. The number of nitrogens with one attached hydrogen (secondary N) is 1. The lowest BCUT2D eigenvalue weighted by molar-refractivity contribution is -0.159. The fourth-order valence-electron chi connectivity index (χ4n) is 5.31. The average molecular weight is 398 g/mol. The van der Waals surface area contributed by atoms with Gasteiger partial charge in [-0.25, -0.2) is 4.79 Å². The molecule has 5 atom stereocenters. The molecule has 2 bridgehead atoms. The molecular weight excluding hydrogens is 372 g/mol. The highest BCUT2D eigenvalue weighted by molar-refractivity contribution is 6.08. The number of rotatable bonds is 6. The summed E-state index contributed by atoms with van der Waals surface area (Å²) in [7, 11) is 0. The van der Waals surface area contributed by atoms with Gasteiger partial charge in [-0.05, 0) is 56.1 Å². The van der Waals surface area contributed by atoms with Crippen molar-refractivity contribution in [2.75, 3.05) is 11.9 Å². The van der Waals surface area contributed by atoms with Gasteiger partial charge in [0, 0.05) is 5.69 Å². The Morgan fingerprint density at radius 2 is 1.76 bits per heavy atom. The van der Waals surface area contributed by atoms with Crippen LogP contribution >= 0.6 is 0 Å². The van der Waals surface area contributed by atoms with Crippen LogP contribution in [0.15, 0.2) is 24.3 Å². The van der Waals surface area contributed by atoms with E-state index >= 15 is 0 Å². The van der Waals surface area contributed by atoms with Gasteiger partial charge in [0.05, 0.1) is 11.8 Å². The molecule has 7 heteroatoms. The highest BCUT2D eigenvalue weighted by atomic mass is 16.5. The molecule has 1 aliphatic heterocycles. The number of carbonyl (C=O) groups excluding carboxylic acids is 4. The van der Waals surface area contributed by atoms with E-state index in [0.29, 0.717) is 5.69 Å². The van der Waals surface area contributed by atoms with Gasteiger partial charge in [-0.3, -0.25) is 19.3 Å². The van der Waals surface area contributed by atoms with Crippen molar-refractivity contribution in [1.82, 2.24) is 4.90 Å². The predicted octanol–water partition coefficient (Wildman–Crippen LogP) is 2.15. The SMILES string of the molecule is CCc1ccccc1NC(=O)COC(=O)[C@H](C)N1C(=O)[C@H]2[C@H]3CC[C@@H](C3)[C@@H]2C1=O. The molecule has 1 aromatic rings. The van der Waals surface area contributed by atoms with Crippen molar-refractivity contribution in [3.05, 3.63) is 29.8 Å². The average Bonchev–Trinajstić information content (AvgIpc) is 3.40. The van der Waals surface area contributed by atoms with Crippen molar-refractivity contribution in [2.24, 2.45) is 23.7 Å². The van der Waals surface area contributed by atoms with Crippen LogP contribution in [-0.2, 0) is 30.3 Å². The van der Waals surface area contributed by atoms with Gasteiger partial charge in [0.2, 0.25) is 11.8 Å². The number of esters is 1. The number of fused-ring (bicyclic) bond motifs is 5. The smallest absolute Gasteiger partial charge is 0.329 e. The first-order chi connectivity index (χ1) is 13.9. The quantitative estimate of drug-likeness (QED) is 0.585. The van der Waals surface area contributed by atoms with Gasteiger partial charge >= 0.3 is 5.97 Å². The van der Waals surface area contributed by atoms with Gasteiger partial charge in [-0.15, -0.1) is 0 Å². The third-order valence-corrected chi connectivity index (χ3v) is 6.71. The molecule has 1 heterocycles. The lowest BCUT2D eigenvalue weighted by Gasteiger charge is -2.23. The monoisotopic (exact) mass is 398 g/mol. The molecule has 3 fully saturated rings. The number of benzene rings is 1. The summed E-state index contributed by atoms with van der Waals surface area (Å²) in [6.07, 6.45) is 3.67. The van der Waals surface area contributed by atoms with Crippen LogP contribution < -0.4 is 5.32 Å². The fraction of sp³-hybridized carbons (Fsp3) is 0.545. The van der Waals surface area contributed by atoms with Gasteiger partial charge in [0.1, 0.15) is 6.04 Å². The number of imide groups is 1. The Bertz CT molecular complexity index is 839. The minimum absolute atomic E-state index is 0.252. The molecule has 1 aromatic carbocycles. The normalized spacial score (nSPS) is 28.4. The third kappa shape index (κ3) is 3.32. The van der Waals surface area contributed by atoms with E-state index in [-0.39, 0.29) is 35.5 Å². The Morgan fingerprint density at radius 1 is 1.14 bits per heavy atom. The number of hydrogen-bond donors (Lipinski definition) is 1. The summed E-state index contributed by atoms with van der Waals surface area (Å²) < 4.78 is 5.11. The van der Waals surface area contributed by atoms with Gasteiger partial charge in [0.25, 0.3) is 5.91 Å². The maximum atomic E-state index is 12.8. The van der Waals surface area contributed by atoms with Crippen LogP contribution in [0.1, 0.15) is 38.7 Å². The Labute approximate surface area is 169 Å². The molecular formula is C22H26N2O5. The van der Waals surface area contributed by atoms with Crippen LogP contribution in [0.5, 0.6) is 0 Å². The van der Waals surface area contributed by atoms with Crippen molar-refractivity contribution in [3.63, 3.8) is 0 Å². The van der Waals surface area contributed by atoms with Gasteiger partial charge in [0.15, 0.2) is 6.61 Å². The Hall–Kier alpha value is -2.70. The van der Waals surface area contributed by atoms with Gasteiger partial charge in [-0.1, -0.05) is 25.1 Å². The molecule has 154 valence electrons. The summed E-state index contributed by atoms with van der Waals surface area (Å²) in [4.78, 5) is 51.3. The molecule has 1 saturated heterocycles. The summed E-state index contributed by atoms with van der Waals surface area (Å²) >= 11 is 0. The zero-order valence-electron chi connectivity index (χ0n) is 16.7. The Morgan fingerprint density at radius 3 is 2.38 bits per heavy atom. The van der Waals surface area contributed by atoms with Crippen LogP contribution in [0.4, 0.5) is 5.69 Å². The molecule has 3 amide bonds. The summed E-state index contributed by atoms with van der Waals surface area (Å²) in [5, 5.41) is 2.73. The largest absolute Gasteiger partial charge is 0.454 e. The number of anilines is 1. The number of likely N-dealkylation sites (tertiary alicyclic amines) is 1. The minimum atomic E-state index is -1.02. The van der Waals surface area contributed by atoms with E-state index in [2.05, 4.69) is 5.32 Å². The summed E-state index contributed by atoms with van der Waals surface area (Å²) in [5.41, 5.74) is 1.66. The zero-order chi connectivity index (χ0) is 20.7. The topological polar surface area (TPSA) is 92.8 Å². The number of aryl methyl sites for hydroxylation is 1. The number of hydrogen-bond acceptors (Lipinski definition) is 5. The van der Waals surface area contributed by atoms with Crippen molar-refractivity contribution in [3.8, 4) is 0 Å². The van der Waals surface area contributed by atoms with Crippen LogP contribution in [0.3, 0.4) is 0 Å². The second kappa shape index (κ2) is 7.61. The standard InChI is InChI=1S/C22H26N2O5/c1-3-13-6-4-5-7-16(13)23-17(25)11-29-22(28)12(2)24-20(26)18-14-8-9-15(10-14)19(18)21(24)27/h4-7,12,14-15,18-19H,3,8-11H2,1-2H3,(H,23,25)/t12-,14-,15-,18-,19-/m0/s1. The first-order valence-electron chi connectivity index (χ1n) is 10.3. The maximum Gasteiger partial charge on any atom is 0.329 e. The van der Waals surface area contributed by atoms with Crippen molar-refractivity contribution in [2.45, 2.75) is 45.6 Å². The number of amides is 3. The molecule has 0 radical (unpaired) electrons. The second-order valence-corrected chi connectivity index (χ2v) is 8.27. The van der Waals surface area contributed by atoms with Crippen LogP contribution in [-0.4, -0.2) is 41.2 Å². The van der Waals surface area contributed by atoms with Gasteiger partial charge in [-0.2, -0.15) is 0 Å². The highest BCUT2D eigenvalue weighted by Gasteiger charge is 2.62. The first-order valence-corrected chi connectivity index (χ1v) is 10.3. The predicted molar refractivity (Wildman–Crippen MR) is 105 cm³/mol. The van der Waals surface area contributed by atoms with E-state index in [0.717, 1.165) is 36.1 Å². The Balaban J connectivity index is 1.35. The zero-order valence-corrected chi connectivity index (χ0v) is 16.7. The molecule has 1 N–H and O–H groups in total. The van der Waals surface area contributed by atoms with Crippen molar-refractivity contribution < 1.29 is 23.9 Å². The molecule has 0 spiro atoms. The van der Waals surface area contributed by atoms with E-state index in [1.165, 1.54) is 6.92 Å². The van der Waals surface area contributed by atoms with E-state index < -0.39 is 24.5 Å². The van der Waals surface area contributed by atoms with E-state index in [4.69, 9.17) is 4.74 Å². The first kappa shape index (κ1) is 19.6. The number of nitrogens with zero attached hydrogens (tertiary/aromatic N) is 1. The van der Waals surface area contributed by atoms with Crippen LogP contribution in [0.25, 0.3) is 0 Å². The molecule has 0 unspecified atom stereocenters. The lowest BCUT2D eigenvalue weighted by Crippen LogP contribution is -2.45. The van der Waals surface area contributed by atoms with E-state index in [1.54, 1.807) is 6.07 Å². The van der Waals surface area contributed by atoms with E-state index in [1.807, 2.05) is 25.1 Å². The highest BCUT2D eigenvalue weighted by Crippen LogP contribution is 2.56. The van der Waals surface area contributed by atoms with Crippen LogP contribution in [0.2, 0.25) is 0 Å². The van der Waals surface area contributed by atoms with Crippen molar-refractivity contribution >= 4 is 29.4 Å². The third-order valence-electron chi connectivity index (χ3n) is 6.71. The summed E-state index contributed by atoms with van der Waals surface area (Å²) in [6, 6.07) is 6.39. The second-order valence-electron chi connectivity index (χ2n) is 8.27. The van der Waals surface area contributed by atoms with E-state index in [9.17, 15) is 19.2 Å². The van der Waals surface area contributed by atoms with Crippen LogP contribution in [0, 0.1) is 23.7 Å². The summed E-state index contributed by atoms with van der Waals surface area (Å²) in [5.74, 6) is -1.72. The van der Waals surface area contributed by atoms with Crippen molar-refractivity contribution in [1.29, 1.82) is 0 Å². The maximum absolute atomic E-state index is 12.8. The fourth-order valence-corrected chi connectivity index (χ4v) is 5.31. The molecule has 4 rings (SSSR count). The number of para-hydroxylation sites is 1. The molecule has 2 aliphatic carbocycles.